The van der Waals surface area contributed by atoms with Crippen LogP contribution in [0.5, 0.6) is 0 Å². The Morgan fingerprint density at radius 1 is 0.280 bits per heavy atom. The number of carbonyl (C=O) groups is 12. The zero-order valence-electron chi connectivity index (χ0n) is 69.4. The van der Waals surface area contributed by atoms with Gasteiger partial charge in [0.25, 0.3) is 0 Å². The lowest BCUT2D eigenvalue weighted by molar-refractivity contribution is -0.137. The number of hydrogen-bond donors (Lipinski definition) is 22. The van der Waals surface area contributed by atoms with E-state index >= 15 is 28.8 Å². The van der Waals surface area contributed by atoms with Crippen molar-refractivity contribution in [2.45, 2.75) is 249 Å². The minimum absolute atomic E-state index is 0.00490. The minimum atomic E-state index is -1.43. The molecular weight excluding hydrogens is 1510 g/mol. The molecule has 0 aliphatic rings. The molecule has 6 aromatic rings. The van der Waals surface area contributed by atoms with E-state index in [0.29, 0.717) is 101 Å². The second kappa shape index (κ2) is 50.4. The molecule has 0 saturated heterocycles. The van der Waals surface area contributed by atoms with Crippen molar-refractivity contribution in [3.05, 3.63) is 108 Å². The number of rotatable bonds is 56. The number of fused-ring (bicyclic) bond motifs is 3. The minimum Gasteiger partial charge on any atom is -0.368 e. The van der Waals surface area contributed by atoms with Gasteiger partial charge in [0, 0.05) is 64.1 Å². The fourth-order valence-electron chi connectivity index (χ4n) is 14.2. The number of aromatic nitrogens is 3. The molecule has 34 heteroatoms. The van der Waals surface area contributed by atoms with Crippen LogP contribution in [0.15, 0.2) is 91.4 Å². The number of benzene rings is 3. The molecule has 6 rings (SSSR count). The first-order valence-electron chi connectivity index (χ1n) is 41.8. The van der Waals surface area contributed by atoms with Crippen LogP contribution >= 0.6 is 0 Å². The summed E-state index contributed by atoms with van der Waals surface area (Å²) >= 11 is 0. The van der Waals surface area contributed by atoms with Crippen molar-refractivity contribution in [1.29, 1.82) is 0 Å². The number of primary amides is 1. The zero-order valence-corrected chi connectivity index (χ0v) is 69.4. The Bertz CT molecular complexity index is 4220. The molecule has 34 nitrogen and oxygen atoms in total. The summed E-state index contributed by atoms with van der Waals surface area (Å²) in [7, 11) is 0. The fourth-order valence-corrected chi connectivity index (χ4v) is 14.2. The first kappa shape index (κ1) is 96.5. The van der Waals surface area contributed by atoms with Crippen molar-refractivity contribution < 1.29 is 57.5 Å². The van der Waals surface area contributed by atoms with E-state index in [-0.39, 0.29) is 84.0 Å². The van der Waals surface area contributed by atoms with Gasteiger partial charge in [0.15, 0.2) is 0 Å². The van der Waals surface area contributed by atoms with Gasteiger partial charge in [-0.2, -0.15) is 0 Å². The van der Waals surface area contributed by atoms with Crippen LogP contribution < -0.4 is 104 Å². The number of unbranched alkanes of at least 4 members (excludes halogenated alkanes) is 6. The highest BCUT2D eigenvalue weighted by Gasteiger charge is 2.39. The maximum atomic E-state index is 15.3. The number of amides is 12. The molecule has 650 valence electrons. The fraction of sp³-hybridized carbons (Fsp3) is 0.571. The lowest BCUT2D eigenvalue weighted by atomic mass is 9.99. The summed E-state index contributed by atoms with van der Waals surface area (Å²) in [6.07, 6.45) is 10.8. The summed E-state index contributed by atoms with van der Waals surface area (Å²) < 4.78 is 0. The van der Waals surface area contributed by atoms with E-state index in [0.717, 1.165) is 38.3 Å². The van der Waals surface area contributed by atoms with Gasteiger partial charge in [-0.15, -0.1) is 0 Å². The zero-order chi connectivity index (χ0) is 86.4. The van der Waals surface area contributed by atoms with Gasteiger partial charge < -0.3 is 119 Å². The Balaban J connectivity index is 1.25. The van der Waals surface area contributed by atoms with Gasteiger partial charge in [0.2, 0.25) is 70.9 Å². The van der Waals surface area contributed by atoms with Crippen LogP contribution in [0, 0.1) is 17.8 Å². The average Bonchev–Trinajstić information content (AvgIpc) is 1.66. The number of hydrogen-bond acceptors (Lipinski definition) is 19. The molecule has 0 unspecified atom stereocenters. The van der Waals surface area contributed by atoms with Crippen LogP contribution in [0.1, 0.15) is 174 Å². The van der Waals surface area contributed by atoms with Crippen LogP contribution in [0.2, 0.25) is 0 Å². The van der Waals surface area contributed by atoms with Crippen molar-refractivity contribution >= 4 is 104 Å². The molecule has 3 heterocycles. The number of para-hydroxylation sites is 3. The summed E-state index contributed by atoms with van der Waals surface area (Å²) in [4.78, 5) is 184. The van der Waals surface area contributed by atoms with E-state index < -0.39 is 161 Å². The second-order valence-corrected chi connectivity index (χ2v) is 31.6. The van der Waals surface area contributed by atoms with Crippen LogP contribution in [0.3, 0.4) is 0 Å². The van der Waals surface area contributed by atoms with Gasteiger partial charge in [-0.25, -0.2) is 0 Å². The highest BCUT2D eigenvalue weighted by Crippen LogP contribution is 2.24. The maximum absolute atomic E-state index is 15.3. The number of H-pyrrole nitrogens is 3. The Kier molecular flexibility index (Phi) is 41.2. The molecular formula is C84H132N22O12. The third kappa shape index (κ3) is 30.2. The van der Waals surface area contributed by atoms with Crippen molar-refractivity contribution in [1.82, 2.24) is 73.4 Å². The van der Waals surface area contributed by atoms with Crippen molar-refractivity contribution in [3.8, 4) is 0 Å². The van der Waals surface area contributed by atoms with E-state index in [4.69, 9.17) is 45.9 Å². The first-order valence-corrected chi connectivity index (χ1v) is 41.8. The van der Waals surface area contributed by atoms with E-state index in [2.05, 4.69) is 73.4 Å². The molecule has 3 aromatic carbocycles. The molecule has 12 amide bonds. The van der Waals surface area contributed by atoms with E-state index in [1.165, 1.54) is 0 Å². The van der Waals surface area contributed by atoms with Gasteiger partial charge in [-0.05, 0) is 214 Å². The van der Waals surface area contributed by atoms with Gasteiger partial charge in [-0.1, -0.05) is 96.1 Å². The summed E-state index contributed by atoms with van der Waals surface area (Å²) in [5, 5.41) is 33.5. The number of aromatic amines is 3. The monoisotopic (exact) mass is 1640 g/mol. The largest absolute Gasteiger partial charge is 0.368 e. The summed E-state index contributed by atoms with van der Waals surface area (Å²) in [5.41, 5.74) is 51.9. The highest BCUT2D eigenvalue weighted by atomic mass is 16.2. The van der Waals surface area contributed by atoms with E-state index in [1.807, 2.05) is 72.8 Å². The Morgan fingerprint density at radius 3 is 0.771 bits per heavy atom. The predicted octanol–water partition coefficient (Wildman–Crippen LogP) is 1.05. The molecule has 0 bridgehead atoms. The predicted molar refractivity (Wildman–Crippen MR) is 456 cm³/mol. The van der Waals surface area contributed by atoms with Crippen LogP contribution in [-0.4, -0.2) is 198 Å². The molecule has 0 aliphatic heterocycles. The molecule has 0 aliphatic carbocycles. The summed E-state index contributed by atoms with van der Waals surface area (Å²) in [6.45, 7) is 11.8. The maximum Gasteiger partial charge on any atom is 0.243 e. The summed E-state index contributed by atoms with van der Waals surface area (Å²) in [6, 6.07) is 7.08. The standard InChI is InChI=1S/C84H132N22O12/c1-49(2)70(82(116)96-62(73(92)107)31-13-19-37-85)104-78(112)66(35-17-23-41-89)98-80(114)68(44-53-47-94-60-29-11-8-26-56(53)60)102-76(110)64(33-15-21-39-87)101-84(118)72(51(5)6)106-79(113)67(36-18-24-42-90)99-81(115)69(45-54-48-95-61-30-12-9-27-57(54)61)103-75(109)63(32-14-20-38-86)100-83(117)71(50(3)4)105-77(111)65(34-16-22-40-88)97-74(108)58(91)43-52-46-93-59-28-10-7-25-55(52)59/h7-12,25-30,46-51,58,62-72,93-95H,13-24,31-45,85-91H2,1-6H3,(H2,92,107)(H,96,116)(H,97,108)(H,98,114)(H,99,115)(H,100,117)(H,101,118)(H,102,110)(H,103,109)(H,104,112)(H,105,111)(H,106,113)/t58-,62-,63-,64-,65-,66-,67-,68-,69-,70-,71-,72-/m0/s1. The van der Waals surface area contributed by atoms with Crippen LogP contribution in [-0.2, 0) is 76.8 Å². The number of carbonyl (C=O) groups excluding carboxylic acids is 12. The molecule has 118 heavy (non-hydrogen) atoms. The lowest BCUT2D eigenvalue weighted by Gasteiger charge is -2.30. The van der Waals surface area contributed by atoms with Crippen LogP contribution in [0.25, 0.3) is 32.7 Å². The first-order chi connectivity index (χ1) is 56.6. The molecule has 0 spiro atoms. The Hall–Kier alpha value is -10.4. The molecule has 12 atom stereocenters. The topological polar surface area (TPSA) is 593 Å². The molecule has 0 saturated carbocycles. The Labute approximate surface area is 691 Å². The second-order valence-electron chi connectivity index (χ2n) is 31.6. The Morgan fingerprint density at radius 2 is 0.500 bits per heavy atom. The molecule has 0 radical (unpaired) electrons. The van der Waals surface area contributed by atoms with Gasteiger partial charge in [-0.3, -0.25) is 57.5 Å². The van der Waals surface area contributed by atoms with Crippen molar-refractivity contribution in [2.24, 2.45) is 63.6 Å². The number of nitrogens with one attached hydrogen (secondary N) is 14. The van der Waals surface area contributed by atoms with Gasteiger partial charge in [0.05, 0.1) is 6.04 Å². The van der Waals surface area contributed by atoms with Crippen molar-refractivity contribution in [3.63, 3.8) is 0 Å². The smallest absolute Gasteiger partial charge is 0.243 e. The normalized spacial score (nSPS) is 14.6. The molecule has 30 N–H and O–H groups in total. The van der Waals surface area contributed by atoms with Gasteiger partial charge >= 0.3 is 0 Å². The molecule has 0 fully saturated rings. The van der Waals surface area contributed by atoms with E-state index in [1.54, 1.807) is 60.1 Å². The van der Waals surface area contributed by atoms with E-state index in [9.17, 15) is 28.8 Å². The lowest BCUT2D eigenvalue weighted by Crippen LogP contribution is -2.62. The quantitative estimate of drug-likeness (QED) is 0.0237. The third-order valence-electron chi connectivity index (χ3n) is 21.2. The third-order valence-corrected chi connectivity index (χ3v) is 21.2. The van der Waals surface area contributed by atoms with Crippen molar-refractivity contribution in [2.75, 3.05) is 39.3 Å². The highest BCUT2D eigenvalue weighted by molar-refractivity contribution is 6.01. The van der Waals surface area contributed by atoms with Gasteiger partial charge in [0.1, 0.15) is 66.5 Å². The average molecular weight is 1640 g/mol. The SMILES string of the molecule is CC(C)[C@H](NC(=O)[C@H](CCCCN)NC(=O)[C@H](Cc1c[nH]c2ccccc12)NC(=O)[C@H](CCCCN)NC(=O)[C@@H](NC(=O)[C@H](CCCCN)NC(=O)[C@H](Cc1c[nH]c2ccccc12)NC(=O)[C@H](CCCCN)NC(=O)[C@@H](NC(=O)[C@H](CCCCN)NC(=O)[C@@H](N)Cc1c[nH]c2ccccc12)C(C)C)C(C)C)C(=O)N[C@@H](CCCCN)C(N)=O. The number of nitrogens with two attached hydrogens (primary N) is 8. The molecule has 3 aromatic heterocycles. The van der Waals surface area contributed by atoms with Crippen LogP contribution in [0.4, 0.5) is 0 Å². The summed E-state index contributed by atoms with van der Waals surface area (Å²) in [5.74, 6) is -10.6.